The molecule has 13 nitrogen and oxygen atoms in total. The third kappa shape index (κ3) is 7.40. The Labute approximate surface area is 306 Å². The van der Waals surface area contributed by atoms with Gasteiger partial charge in [-0.3, -0.25) is 24.0 Å². The van der Waals surface area contributed by atoms with E-state index >= 15 is 0 Å². The minimum Gasteiger partial charge on any atom is -0.465 e. The molecule has 14 atom stereocenters. The Morgan fingerprint density at radius 1 is 0.887 bits per heavy atom. The molecule has 0 spiro atoms. The Balaban J connectivity index is 1.21. The number of nitrogens with one attached hydrogen (secondary N) is 1. The third-order valence-electron chi connectivity index (χ3n) is 13.9. The van der Waals surface area contributed by atoms with Gasteiger partial charge < -0.3 is 38.8 Å². The zero-order valence-corrected chi connectivity index (χ0v) is 30.9. The van der Waals surface area contributed by atoms with Crippen LogP contribution < -0.4 is 5.32 Å². The van der Waals surface area contributed by atoms with Gasteiger partial charge in [0, 0.05) is 26.7 Å². The minimum absolute atomic E-state index is 0.0938. The highest BCUT2D eigenvalue weighted by Crippen LogP contribution is 2.70. The average molecular weight is 760 g/mol. The number of carbonyl (C=O) groups is 5. The van der Waals surface area contributed by atoms with E-state index in [1.54, 1.807) is 0 Å². The second kappa shape index (κ2) is 14.6. The second-order valence-corrected chi connectivity index (χ2v) is 16.7. The molecular weight excluding hydrogens is 707 g/mol. The fourth-order valence-electron chi connectivity index (χ4n) is 11.5. The molecule has 2 N–H and O–H groups in total. The van der Waals surface area contributed by atoms with Crippen molar-refractivity contribution in [1.82, 2.24) is 5.32 Å². The molecule has 16 heteroatoms. The van der Waals surface area contributed by atoms with Crippen LogP contribution in [-0.2, 0) is 52.4 Å². The van der Waals surface area contributed by atoms with Crippen LogP contribution in [0.4, 0.5) is 13.2 Å². The number of rotatable bonds is 8. The molecular formula is C37H52F3NO12. The van der Waals surface area contributed by atoms with Crippen LogP contribution in [-0.4, -0.2) is 96.6 Å². The number of esters is 4. The molecule has 6 rings (SSSR count). The number of alkyl halides is 3. The molecule has 6 aliphatic rings. The van der Waals surface area contributed by atoms with Gasteiger partial charge in [-0.05, 0) is 92.3 Å². The predicted octanol–water partition coefficient (Wildman–Crippen LogP) is 3.91. The maximum absolute atomic E-state index is 13.5. The molecule has 2 heterocycles. The van der Waals surface area contributed by atoms with Crippen LogP contribution in [0.5, 0.6) is 0 Å². The molecule has 0 bridgehead atoms. The first-order chi connectivity index (χ1) is 24.8. The van der Waals surface area contributed by atoms with Crippen molar-refractivity contribution in [3.05, 3.63) is 0 Å². The number of ether oxygens (including phenoxy) is 6. The third-order valence-corrected chi connectivity index (χ3v) is 13.9. The van der Waals surface area contributed by atoms with E-state index in [4.69, 9.17) is 28.4 Å². The number of aliphatic hydroxyl groups is 1. The molecule has 6 fully saturated rings. The van der Waals surface area contributed by atoms with Crippen molar-refractivity contribution in [2.24, 2.45) is 40.4 Å². The number of hydrogen-bond acceptors (Lipinski definition) is 12. The van der Waals surface area contributed by atoms with Crippen molar-refractivity contribution in [3.63, 3.8) is 0 Å². The summed E-state index contributed by atoms with van der Waals surface area (Å²) in [5, 5.41) is 14.4. The first-order valence-corrected chi connectivity index (χ1v) is 18.8. The smallest absolute Gasteiger partial charge is 0.465 e. The summed E-state index contributed by atoms with van der Waals surface area (Å²) in [7, 11) is 0. The normalized spacial score (nSPS) is 43.7. The van der Waals surface area contributed by atoms with Gasteiger partial charge in [0.2, 0.25) is 0 Å². The SMILES string of the molecule is CC(=O)OC[C@H]1O[C@H](O[C@H]2CC[C@@]3(C)[C@H](CC[C@@H]4[C@@H]3CC[C@]3(C)[C@@H]([C@@H]5COC(=O)C5)CC[C@]43O)C2)[C@H](OC(C)=O)[C@@H](NC(=O)C(F)(F)F)[C@@H]1OC(C)=O. The summed E-state index contributed by atoms with van der Waals surface area (Å²) in [6.07, 6.45) is -4.83. The molecule has 0 aromatic heterocycles. The standard InChI is InChI=1S/C37H52F3NO12/c1-18(42)48-17-27-30(50-19(2)43)29(41-33(46)37(38,39)40)31(51-20(3)44)32(53-27)52-23-8-11-34(4)22(15-23)6-7-26-25(34)9-12-35(5)24(10-13-36(26,35)47)21-14-28(45)49-16-21/h21-27,29-32,47H,6-17H2,1-5H3,(H,41,46)/t21-,22+,23-,24+,25-,26+,27+,29-,30+,31+,32-,34-,35+,36-/m0/s1. The molecule has 2 aliphatic heterocycles. The summed E-state index contributed by atoms with van der Waals surface area (Å²) >= 11 is 0. The fraction of sp³-hybridized carbons (Fsp3) is 0.865. The van der Waals surface area contributed by atoms with E-state index in [0.717, 1.165) is 59.3 Å². The number of fused-ring (bicyclic) bond motifs is 5. The molecule has 0 unspecified atom stereocenters. The highest BCUT2D eigenvalue weighted by Gasteiger charge is 2.68. The number of halogens is 3. The number of hydrogen-bond donors (Lipinski definition) is 2. The van der Waals surface area contributed by atoms with Crippen LogP contribution in [0.1, 0.15) is 98.8 Å². The van der Waals surface area contributed by atoms with E-state index < -0.39 is 78.9 Å². The summed E-state index contributed by atoms with van der Waals surface area (Å²) in [6, 6.07) is -1.78. The summed E-state index contributed by atoms with van der Waals surface area (Å²) in [6.45, 7) is 7.50. The lowest BCUT2D eigenvalue weighted by Gasteiger charge is -2.64. The molecule has 0 radical (unpaired) electrons. The van der Waals surface area contributed by atoms with E-state index in [9.17, 15) is 42.3 Å². The quantitative estimate of drug-likeness (QED) is 0.208. The molecule has 1 amide bonds. The summed E-state index contributed by atoms with van der Waals surface area (Å²) in [5.41, 5.74) is -1.30. The van der Waals surface area contributed by atoms with Crippen molar-refractivity contribution >= 4 is 29.8 Å². The van der Waals surface area contributed by atoms with Gasteiger partial charge in [-0.25, -0.2) is 0 Å². The Kier molecular flexibility index (Phi) is 10.9. The minimum atomic E-state index is -5.33. The van der Waals surface area contributed by atoms with Crippen molar-refractivity contribution in [2.45, 2.75) is 147 Å². The molecule has 4 saturated carbocycles. The lowest BCUT2D eigenvalue weighted by Crippen LogP contribution is -2.68. The van der Waals surface area contributed by atoms with Gasteiger partial charge in [-0.1, -0.05) is 13.8 Å². The number of amides is 1. The van der Waals surface area contributed by atoms with Crippen molar-refractivity contribution in [2.75, 3.05) is 13.2 Å². The van der Waals surface area contributed by atoms with Gasteiger partial charge >= 0.3 is 36.0 Å². The van der Waals surface area contributed by atoms with Crippen molar-refractivity contribution in [1.29, 1.82) is 0 Å². The maximum atomic E-state index is 13.5. The van der Waals surface area contributed by atoms with Gasteiger partial charge in [-0.15, -0.1) is 0 Å². The molecule has 2 saturated heterocycles. The van der Waals surface area contributed by atoms with Crippen molar-refractivity contribution < 1.29 is 70.7 Å². The van der Waals surface area contributed by atoms with Crippen molar-refractivity contribution in [3.8, 4) is 0 Å². The number of cyclic esters (lactones) is 1. The summed E-state index contributed by atoms with van der Waals surface area (Å²) < 4.78 is 74.3. The first kappa shape index (κ1) is 39.7. The second-order valence-electron chi connectivity index (χ2n) is 16.7. The molecule has 53 heavy (non-hydrogen) atoms. The van der Waals surface area contributed by atoms with E-state index in [1.807, 2.05) is 5.32 Å². The predicted molar refractivity (Wildman–Crippen MR) is 175 cm³/mol. The highest BCUT2D eigenvalue weighted by atomic mass is 19.4. The van der Waals surface area contributed by atoms with E-state index in [2.05, 4.69) is 13.8 Å². The lowest BCUT2D eigenvalue weighted by atomic mass is 9.43. The molecule has 0 aromatic carbocycles. The zero-order valence-electron chi connectivity index (χ0n) is 30.9. The highest BCUT2D eigenvalue weighted by molar-refractivity contribution is 5.82. The Morgan fingerprint density at radius 3 is 2.19 bits per heavy atom. The topological polar surface area (TPSA) is 173 Å². The lowest BCUT2D eigenvalue weighted by molar-refractivity contribution is -0.304. The van der Waals surface area contributed by atoms with Crippen LogP contribution in [0, 0.1) is 40.4 Å². The Bertz CT molecular complexity index is 1460. The van der Waals surface area contributed by atoms with Crippen LogP contribution in [0.2, 0.25) is 0 Å². The maximum Gasteiger partial charge on any atom is 0.471 e. The van der Waals surface area contributed by atoms with E-state index in [0.29, 0.717) is 32.3 Å². The summed E-state index contributed by atoms with van der Waals surface area (Å²) in [4.78, 5) is 60.4. The molecule has 298 valence electrons. The van der Waals surface area contributed by atoms with Gasteiger partial charge in [0.15, 0.2) is 18.5 Å². The molecule has 4 aliphatic carbocycles. The molecule has 0 aromatic rings. The number of carbonyl (C=O) groups excluding carboxylic acids is 5. The fourth-order valence-corrected chi connectivity index (χ4v) is 11.5. The largest absolute Gasteiger partial charge is 0.471 e. The Morgan fingerprint density at radius 2 is 1.57 bits per heavy atom. The monoisotopic (exact) mass is 759 g/mol. The van der Waals surface area contributed by atoms with Crippen LogP contribution in [0.3, 0.4) is 0 Å². The van der Waals surface area contributed by atoms with E-state index in [-0.39, 0.29) is 46.4 Å². The van der Waals surface area contributed by atoms with Gasteiger partial charge in [0.25, 0.3) is 0 Å². The van der Waals surface area contributed by atoms with Crippen LogP contribution in [0.15, 0.2) is 0 Å². The first-order valence-electron chi connectivity index (χ1n) is 18.8. The van der Waals surface area contributed by atoms with Gasteiger partial charge in [0.05, 0.1) is 24.7 Å². The van der Waals surface area contributed by atoms with Crippen LogP contribution in [0.25, 0.3) is 0 Å². The van der Waals surface area contributed by atoms with E-state index in [1.165, 1.54) is 0 Å². The zero-order chi connectivity index (χ0) is 38.7. The van der Waals surface area contributed by atoms with Gasteiger partial charge in [-0.2, -0.15) is 13.2 Å². The van der Waals surface area contributed by atoms with Crippen LogP contribution >= 0.6 is 0 Å². The Hall–Kier alpha value is -2.98. The average Bonchev–Trinajstić information content (AvgIpc) is 3.61. The van der Waals surface area contributed by atoms with Gasteiger partial charge in [0.1, 0.15) is 18.8 Å². The summed E-state index contributed by atoms with van der Waals surface area (Å²) in [5.74, 6) is -4.25.